The maximum Gasteiger partial charge on any atom is 0.251 e. The largest absolute Gasteiger partial charge is 0.352 e. The van der Waals surface area contributed by atoms with Gasteiger partial charge in [0, 0.05) is 17.5 Å². The Morgan fingerprint density at radius 1 is 1.50 bits per heavy atom. The van der Waals surface area contributed by atoms with Crippen molar-refractivity contribution in [3.8, 4) is 0 Å². The number of rotatable bonds is 5. The van der Waals surface area contributed by atoms with Gasteiger partial charge in [0.25, 0.3) is 5.91 Å². The number of aryl methyl sites for hydroxylation is 1. The van der Waals surface area contributed by atoms with Crippen LogP contribution >= 0.6 is 11.6 Å². The van der Waals surface area contributed by atoms with Crippen molar-refractivity contribution >= 4 is 17.5 Å². The van der Waals surface area contributed by atoms with E-state index in [0.717, 1.165) is 24.0 Å². The Labute approximate surface area is 102 Å². The molecule has 2 nitrogen and oxygen atoms in total. The lowest BCUT2D eigenvalue weighted by molar-refractivity contribution is 0.0953. The summed E-state index contributed by atoms with van der Waals surface area (Å²) in [6.07, 6.45) is 1.85. The fourth-order valence-electron chi connectivity index (χ4n) is 1.47. The van der Waals surface area contributed by atoms with Gasteiger partial charge in [0.2, 0.25) is 0 Å². The third-order valence-electron chi connectivity index (χ3n) is 2.34. The van der Waals surface area contributed by atoms with Gasteiger partial charge in [-0.25, -0.2) is 0 Å². The average Bonchev–Trinajstić information content (AvgIpc) is 2.24. The summed E-state index contributed by atoms with van der Waals surface area (Å²) in [5, 5.41) is 3.06. The van der Waals surface area contributed by atoms with Gasteiger partial charge in [-0.1, -0.05) is 17.7 Å². The normalized spacial score (nSPS) is 12.2. The SMILES string of the molecule is Cc1cccc(C(=O)NCCCC(C)Cl)c1. The highest BCUT2D eigenvalue weighted by atomic mass is 35.5. The van der Waals surface area contributed by atoms with Crippen LogP contribution in [0.1, 0.15) is 35.7 Å². The molecule has 0 heterocycles. The van der Waals surface area contributed by atoms with Gasteiger partial charge in [0.1, 0.15) is 0 Å². The fourth-order valence-corrected chi connectivity index (χ4v) is 1.63. The molecule has 0 aliphatic heterocycles. The van der Waals surface area contributed by atoms with Gasteiger partial charge in [-0.3, -0.25) is 4.79 Å². The second-order valence-electron chi connectivity index (χ2n) is 4.05. The number of hydrogen-bond donors (Lipinski definition) is 1. The minimum atomic E-state index is -0.00840. The summed E-state index contributed by atoms with van der Waals surface area (Å²) < 4.78 is 0. The summed E-state index contributed by atoms with van der Waals surface area (Å²) in [7, 11) is 0. The molecule has 1 amide bonds. The summed E-state index contributed by atoms with van der Waals surface area (Å²) in [6.45, 7) is 4.62. The molecule has 1 N–H and O–H groups in total. The predicted molar refractivity (Wildman–Crippen MR) is 68.1 cm³/mol. The van der Waals surface area contributed by atoms with E-state index in [-0.39, 0.29) is 11.3 Å². The van der Waals surface area contributed by atoms with Crippen LogP contribution < -0.4 is 5.32 Å². The van der Waals surface area contributed by atoms with E-state index < -0.39 is 0 Å². The number of halogens is 1. The van der Waals surface area contributed by atoms with E-state index in [2.05, 4.69) is 5.32 Å². The van der Waals surface area contributed by atoms with E-state index in [4.69, 9.17) is 11.6 Å². The lowest BCUT2D eigenvalue weighted by Crippen LogP contribution is -2.24. The number of amides is 1. The highest BCUT2D eigenvalue weighted by Crippen LogP contribution is 2.05. The second kappa shape index (κ2) is 6.54. The van der Waals surface area contributed by atoms with Gasteiger partial charge in [-0.05, 0) is 38.8 Å². The lowest BCUT2D eigenvalue weighted by atomic mass is 10.1. The third kappa shape index (κ3) is 4.67. The Morgan fingerprint density at radius 2 is 2.25 bits per heavy atom. The van der Waals surface area contributed by atoms with Gasteiger partial charge in [0.05, 0.1) is 0 Å². The van der Waals surface area contributed by atoms with Crippen LogP contribution in [0.25, 0.3) is 0 Å². The first kappa shape index (κ1) is 13.0. The van der Waals surface area contributed by atoms with Crippen molar-refractivity contribution in [1.29, 1.82) is 0 Å². The molecule has 16 heavy (non-hydrogen) atoms. The van der Waals surface area contributed by atoms with Crippen LogP contribution in [0.15, 0.2) is 24.3 Å². The van der Waals surface area contributed by atoms with Crippen LogP contribution in [0.4, 0.5) is 0 Å². The molecule has 1 aromatic rings. The van der Waals surface area contributed by atoms with Crippen LogP contribution in [-0.4, -0.2) is 17.8 Å². The zero-order chi connectivity index (χ0) is 12.0. The summed E-state index contributed by atoms with van der Waals surface area (Å²) in [6, 6.07) is 7.59. The van der Waals surface area contributed by atoms with Gasteiger partial charge >= 0.3 is 0 Å². The standard InChI is InChI=1S/C13H18ClNO/c1-10-5-3-7-12(9-10)13(16)15-8-4-6-11(2)14/h3,5,7,9,11H,4,6,8H2,1-2H3,(H,15,16). The Balaban J connectivity index is 2.35. The zero-order valence-corrected chi connectivity index (χ0v) is 10.6. The van der Waals surface area contributed by atoms with Crippen LogP contribution in [0, 0.1) is 6.92 Å². The van der Waals surface area contributed by atoms with Crippen molar-refractivity contribution in [1.82, 2.24) is 5.32 Å². The molecule has 0 spiro atoms. The molecule has 3 heteroatoms. The van der Waals surface area contributed by atoms with E-state index in [1.54, 1.807) is 0 Å². The first-order valence-corrected chi connectivity index (χ1v) is 6.02. The van der Waals surface area contributed by atoms with Crippen LogP contribution in [0.3, 0.4) is 0 Å². The van der Waals surface area contributed by atoms with Crippen molar-refractivity contribution in [2.45, 2.75) is 32.1 Å². The molecule has 0 aliphatic rings. The van der Waals surface area contributed by atoms with Crippen molar-refractivity contribution < 1.29 is 4.79 Å². The van der Waals surface area contributed by atoms with Crippen LogP contribution in [0.5, 0.6) is 0 Å². The topological polar surface area (TPSA) is 29.1 Å². The molecule has 0 fully saturated rings. The monoisotopic (exact) mass is 239 g/mol. The molecule has 0 aliphatic carbocycles. The number of alkyl halides is 1. The molecule has 1 atom stereocenters. The second-order valence-corrected chi connectivity index (χ2v) is 4.79. The highest BCUT2D eigenvalue weighted by Gasteiger charge is 2.04. The molecule has 0 saturated heterocycles. The molecule has 1 aromatic carbocycles. The Kier molecular flexibility index (Phi) is 5.33. The minimum absolute atomic E-state index is 0.00840. The minimum Gasteiger partial charge on any atom is -0.352 e. The van der Waals surface area contributed by atoms with Crippen molar-refractivity contribution in [2.24, 2.45) is 0 Å². The number of benzene rings is 1. The fraction of sp³-hybridized carbons (Fsp3) is 0.462. The molecule has 1 rings (SSSR count). The molecule has 0 radical (unpaired) electrons. The summed E-state index contributed by atoms with van der Waals surface area (Å²) in [5.74, 6) is -0.00840. The molecular formula is C13H18ClNO. The Morgan fingerprint density at radius 3 is 2.88 bits per heavy atom. The number of nitrogens with one attached hydrogen (secondary N) is 1. The van der Waals surface area contributed by atoms with Crippen molar-refractivity contribution in [2.75, 3.05) is 6.54 Å². The zero-order valence-electron chi connectivity index (χ0n) is 9.79. The maximum absolute atomic E-state index is 11.7. The van der Waals surface area contributed by atoms with Crippen molar-refractivity contribution in [3.05, 3.63) is 35.4 Å². The summed E-state index contributed by atoms with van der Waals surface area (Å²) in [4.78, 5) is 11.7. The van der Waals surface area contributed by atoms with E-state index in [1.165, 1.54) is 0 Å². The average molecular weight is 240 g/mol. The first-order valence-electron chi connectivity index (χ1n) is 5.58. The molecule has 1 unspecified atom stereocenters. The lowest BCUT2D eigenvalue weighted by Gasteiger charge is -2.06. The smallest absolute Gasteiger partial charge is 0.251 e. The third-order valence-corrected chi connectivity index (χ3v) is 2.56. The maximum atomic E-state index is 11.7. The quantitative estimate of drug-likeness (QED) is 0.621. The van der Waals surface area contributed by atoms with E-state index >= 15 is 0 Å². The van der Waals surface area contributed by atoms with E-state index in [0.29, 0.717) is 6.54 Å². The molecular weight excluding hydrogens is 222 g/mol. The summed E-state index contributed by atoms with van der Waals surface area (Å²) >= 11 is 5.82. The van der Waals surface area contributed by atoms with E-state index in [1.807, 2.05) is 38.1 Å². The van der Waals surface area contributed by atoms with Gasteiger partial charge < -0.3 is 5.32 Å². The number of carbonyl (C=O) groups is 1. The molecule has 0 bridgehead atoms. The summed E-state index contributed by atoms with van der Waals surface area (Å²) in [5.41, 5.74) is 1.82. The van der Waals surface area contributed by atoms with Crippen molar-refractivity contribution in [3.63, 3.8) is 0 Å². The number of hydrogen-bond acceptors (Lipinski definition) is 1. The highest BCUT2D eigenvalue weighted by molar-refractivity contribution is 6.20. The Hall–Kier alpha value is -1.02. The van der Waals surface area contributed by atoms with E-state index in [9.17, 15) is 4.79 Å². The number of carbonyl (C=O) groups excluding carboxylic acids is 1. The first-order chi connectivity index (χ1) is 7.59. The molecule has 0 aromatic heterocycles. The van der Waals surface area contributed by atoms with Gasteiger partial charge in [-0.15, -0.1) is 11.6 Å². The van der Waals surface area contributed by atoms with Gasteiger partial charge in [-0.2, -0.15) is 0 Å². The molecule has 0 saturated carbocycles. The van der Waals surface area contributed by atoms with Gasteiger partial charge in [0.15, 0.2) is 0 Å². The van der Waals surface area contributed by atoms with Crippen LogP contribution in [0.2, 0.25) is 0 Å². The Bertz CT molecular complexity index is 350. The molecule has 88 valence electrons. The predicted octanol–water partition coefficient (Wildman–Crippen LogP) is 3.13. The van der Waals surface area contributed by atoms with Crippen LogP contribution in [-0.2, 0) is 0 Å².